The second-order valence-corrected chi connectivity index (χ2v) is 7.10. The van der Waals surface area contributed by atoms with Gasteiger partial charge < -0.3 is 9.72 Å². The van der Waals surface area contributed by atoms with Gasteiger partial charge in [0.15, 0.2) is 0 Å². The molecule has 0 radical (unpaired) electrons. The summed E-state index contributed by atoms with van der Waals surface area (Å²) < 4.78 is 5.88. The van der Waals surface area contributed by atoms with E-state index in [0.29, 0.717) is 4.70 Å². The number of methoxy groups -OCH3 is 1. The molecule has 0 aliphatic carbocycles. The normalized spacial score (nSPS) is 15.2. The van der Waals surface area contributed by atoms with Crippen LogP contribution in [-0.4, -0.2) is 35.1 Å². The first-order valence-corrected chi connectivity index (χ1v) is 8.94. The van der Waals surface area contributed by atoms with Gasteiger partial charge in [0.05, 0.1) is 19.2 Å². The highest BCUT2D eigenvalue weighted by atomic mass is 32.1. The molecule has 3 aromatic rings. The Balaban J connectivity index is 1.68. The van der Waals surface area contributed by atoms with Crippen molar-refractivity contribution in [2.24, 2.45) is 0 Å². The zero-order chi connectivity index (χ0) is 16.5. The molecule has 6 heteroatoms. The van der Waals surface area contributed by atoms with Crippen LogP contribution in [0.3, 0.4) is 0 Å². The maximum atomic E-state index is 12.4. The Bertz CT molecular complexity index is 908. The van der Waals surface area contributed by atoms with Gasteiger partial charge >= 0.3 is 0 Å². The lowest BCUT2D eigenvalue weighted by Gasteiger charge is -2.13. The number of benzene rings is 1. The number of ether oxygens (including phenoxy) is 1. The lowest BCUT2D eigenvalue weighted by Crippen LogP contribution is -2.22. The van der Waals surface area contributed by atoms with Crippen molar-refractivity contribution < 1.29 is 4.74 Å². The minimum atomic E-state index is -0.0426. The molecular weight excluding hydrogens is 322 g/mol. The van der Waals surface area contributed by atoms with Gasteiger partial charge in [-0.25, -0.2) is 4.98 Å². The summed E-state index contributed by atoms with van der Waals surface area (Å²) in [5, 5.41) is 0. The molecule has 3 heterocycles. The highest BCUT2D eigenvalue weighted by molar-refractivity contribution is 7.22. The fraction of sp³-hybridized carbons (Fsp3) is 0.333. The molecule has 0 unspecified atom stereocenters. The third-order valence-corrected chi connectivity index (χ3v) is 5.55. The Kier molecular flexibility index (Phi) is 4.08. The largest absolute Gasteiger partial charge is 0.497 e. The molecule has 1 aliphatic heterocycles. The van der Waals surface area contributed by atoms with E-state index in [9.17, 15) is 4.79 Å². The Morgan fingerprint density at radius 3 is 2.71 bits per heavy atom. The molecule has 0 spiro atoms. The summed E-state index contributed by atoms with van der Waals surface area (Å²) in [6.07, 6.45) is 2.46. The van der Waals surface area contributed by atoms with Gasteiger partial charge in [0.1, 0.15) is 16.3 Å². The molecule has 2 aromatic heterocycles. The summed E-state index contributed by atoms with van der Waals surface area (Å²) in [6, 6.07) is 9.86. The quantitative estimate of drug-likeness (QED) is 0.791. The number of H-pyrrole nitrogens is 1. The van der Waals surface area contributed by atoms with Gasteiger partial charge in [0.25, 0.3) is 5.56 Å². The highest BCUT2D eigenvalue weighted by Crippen LogP contribution is 2.31. The molecule has 1 fully saturated rings. The van der Waals surface area contributed by atoms with E-state index in [1.807, 2.05) is 30.3 Å². The van der Waals surface area contributed by atoms with Crippen LogP contribution in [0.15, 0.2) is 35.1 Å². The van der Waals surface area contributed by atoms with E-state index in [-0.39, 0.29) is 5.56 Å². The van der Waals surface area contributed by atoms with Crippen molar-refractivity contribution in [3.63, 3.8) is 0 Å². The van der Waals surface area contributed by atoms with E-state index >= 15 is 0 Å². The number of hydrogen-bond acceptors (Lipinski definition) is 5. The van der Waals surface area contributed by atoms with E-state index < -0.39 is 0 Å². The maximum absolute atomic E-state index is 12.4. The number of thiophene rings is 1. The summed E-state index contributed by atoms with van der Waals surface area (Å²) in [7, 11) is 1.65. The van der Waals surface area contributed by atoms with Crippen molar-refractivity contribution in [1.29, 1.82) is 0 Å². The number of rotatable bonds is 4. The van der Waals surface area contributed by atoms with Crippen LogP contribution < -0.4 is 10.3 Å². The fourth-order valence-corrected chi connectivity index (χ4v) is 4.11. The number of nitrogens with zero attached hydrogens (tertiary/aromatic N) is 2. The van der Waals surface area contributed by atoms with Gasteiger partial charge in [0.2, 0.25) is 0 Å². The number of aromatic nitrogens is 2. The standard InChI is InChI=1S/C18H19N3O2S/c1-23-13-6-4-12(5-7-13)15-10-14-17(24-15)18(22)20-16(19-14)11-21-8-2-3-9-21/h4-7,10H,2-3,8-9,11H2,1H3,(H,19,20,22). The molecule has 4 rings (SSSR count). The summed E-state index contributed by atoms with van der Waals surface area (Å²) in [5.74, 6) is 1.58. The monoisotopic (exact) mass is 341 g/mol. The number of nitrogens with one attached hydrogen (secondary N) is 1. The summed E-state index contributed by atoms with van der Waals surface area (Å²) in [6.45, 7) is 2.89. The Morgan fingerprint density at radius 2 is 2.00 bits per heavy atom. The molecule has 0 amide bonds. The third kappa shape index (κ3) is 2.95. The van der Waals surface area contributed by atoms with Crippen LogP contribution in [0.2, 0.25) is 0 Å². The fourth-order valence-electron chi connectivity index (χ4n) is 3.11. The van der Waals surface area contributed by atoms with Crippen molar-refractivity contribution in [3.05, 3.63) is 46.5 Å². The van der Waals surface area contributed by atoms with Gasteiger partial charge in [-0.15, -0.1) is 11.3 Å². The minimum absolute atomic E-state index is 0.0426. The smallest absolute Gasteiger partial charge is 0.268 e. The second-order valence-electron chi connectivity index (χ2n) is 6.05. The molecule has 0 bridgehead atoms. The number of likely N-dealkylation sites (tertiary alicyclic amines) is 1. The summed E-state index contributed by atoms with van der Waals surface area (Å²) >= 11 is 1.48. The molecule has 1 saturated heterocycles. The first kappa shape index (κ1) is 15.4. The lowest BCUT2D eigenvalue weighted by molar-refractivity contribution is 0.322. The van der Waals surface area contributed by atoms with Crippen LogP contribution >= 0.6 is 11.3 Å². The highest BCUT2D eigenvalue weighted by Gasteiger charge is 2.15. The van der Waals surface area contributed by atoms with Crippen LogP contribution in [-0.2, 0) is 6.54 Å². The van der Waals surface area contributed by atoms with E-state index in [1.165, 1.54) is 24.2 Å². The van der Waals surface area contributed by atoms with Crippen LogP contribution in [0.4, 0.5) is 0 Å². The van der Waals surface area contributed by atoms with Crippen LogP contribution in [0.1, 0.15) is 18.7 Å². The zero-order valence-electron chi connectivity index (χ0n) is 13.5. The Morgan fingerprint density at radius 1 is 1.25 bits per heavy atom. The van der Waals surface area contributed by atoms with Crippen LogP contribution in [0, 0.1) is 0 Å². The van der Waals surface area contributed by atoms with Gasteiger partial charge in [-0.1, -0.05) is 0 Å². The van der Waals surface area contributed by atoms with Crippen molar-refractivity contribution >= 4 is 21.6 Å². The van der Waals surface area contributed by atoms with E-state index in [4.69, 9.17) is 4.74 Å². The summed E-state index contributed by atoms with van der Waals surface area (Å²) in [4.78, 5) is 23.4. The maximum Gasteiger partial charge on any atom is 0.268 e. The van der Waals surface area contributed by atoms with Gasteiger partial charge in [-0.3, -0.25) is 9.69 Å². The molecule has 0 saturated carbocycles. The summed E-state index contributed by atoms with van der Waals surface area (Å²) in [5.41, 5.74) is 1.81. The molecule has 5 nitrogen and oxygen atoms in total. The van der Waals surface area contributed by atoms with Crippen molar-refractivity contribution in [2.45, 2.75) is 19.4 Å². The molecule has 1 aromatic carbocycles. The molecule has 0 atom stereocenters. The topological polar surface area (TPSA) is 58.2 Å². The van der Waals surface area contributed by atoms with Crippen molar-refractivity contribution in [1.82, 2.24) is 14.9 Å². The zero-order valence-corrected chi connectivity index (χ0v) is 14.4. The molecule has 124 valence electrons. The van der Waals surface area contributed by atoms with E-state index in [1.54, 1.807) is 7.11 Å². The second kappa shape index (κ2) is 6.37. The third-order valence-electron chi connectivity index (χ3n) is 4.38. The van der Waals surface area contributed by atoms with E-state index in [0.717, 1.165) is 47.2 Å². The van der Waals surface area contributed by atoms with Gasteiger partial charge in [0, 0.05) is 4.88 Å². The molecular formula is C18H19N3O2S. The van der Waals surface area contributed by atoms with Crippen LogP contribution in [0.25, 0.3) is 20.7 Å². The van der Waals surface area contributed by atoms with Crippen molar-refractivity contribution in [2.75, 3.05) is 20.2 Å². The Hall–Kier alpha value is -2.18. The van der Waals surface area contributed by atoms with Gasteiger partial charge in [-0.2, -0.15) is 0 Å². The average Bonchev–Trinajstić information content (AvgIpc) is 3.25. The van der Waals surface area contributed by atoms with Gasteiger partial charge in [-0.05, 0) is 61.8 Å². The van der Waals surface area contributed by atoms with Crippen LogP contribution in [0.5, 0.6) is 5.75 Å². The average molecular weight is 341 g/mol. The predicted molar refractivity (Wildman–Crippen MR) is 96.7 cm³/mol. The first-order chi connectivity index (χ1) is 11.7. The lowest BCUT2D eigenvalue weighted by atomic mass is 10.2. The number of aromatic amines is 1. The minimum Gasteiger partial charge on any atom is -0.497 e. The first-order valence-electron chi connectivity index (χ1n) is 8.12. The SMILES string of the molecule is COc1ccc(-c2cc3nc(CN4CCCC4)[nH]c(=O)c3s2)cc1. The molecule has 1 aliphatic rings. The Labute approximate surface area is 143 Å². The van der Waals surface area contributed by atoms with Crippen molar-refractivity contribution in [3.8, 4) is 16.2 Å². The number of fused-ring (bicyclic) bond motifs is 1. The molecule has 1 N–H and O–H groups in total. The van der Waals surface area contributed by atoms with E-state index in [2.05, 4.69) is 14.9 Å². The molecule has 24 heavy (non-hydrogen) atoms. The number of hydrogen-bond donors (Lipinski definition) is 1. The predicted octanol–water partition coefficient (Wildman–Crippen LogP) is 3.26.